The third kappa shape index (κ3) is 3.61. The predicted molar refractivity (Wildman–Crippen MR) is 106 cm³/mol. The van der Waals surface area contributed by atoms with Crippen molar-refractivity contribution in [1.29, 1.82) is 0 Å². The van der Waals surface area contributed by atoms with E-state index in [0.717, 1.165) is 15.7 Å². The number of halogens is 1. The van der Waals surface area contributed by atoms with Gasteiger partial charge in [0.15, 0.2) is 5.82 Å². The molecule has 0 saturated carbocycles. The van der Waals surface area contributed by atoms with Crippen molar-refractivity contribution in [3.63, 3.8) is 0 Å². The number of nitrogens with one attached hydrogen (secondary N) is 1. The highest BCUT2D eigenvalue weighted by Crippen LogP contribution is 2.20. The number of aromatic nitrogens is 5. The largest absolute Gasteiger partial charge is 0.350 e. The number of benzene rings is 2. The standard InChI is InChI=1S/C19H17BrN6O/c1-13-22-23-24-26(13)17-4-2-3-15(12-17)19(27)21-8-10-25-9-7-14-11-16(20)5-6-18(14)25/h2-7,9,11-12H,8,10H2,1H3,(H,21,27). The first-order chi connectivity index (χ1) is 13.1. The normalized spacial score (nSPS) is 11.0. The van der Waals surface area contributed by atoms with Gasteiger partial charge in [-0.15, -0.1) is 5.10 Å². The molecular formula is C19H17BrN6O. The highest BCUT2D eigenvalue weighted by Gasteiger charge is 2.09. The summed E-state index contributed by atoms with van der Waals surface area (Å²) in [6.45, 7) is 3.04. The molecule has 2 aromatic carbocycles. The fourth-order valence-corrected chi connectivity index (χ4v) is 3.39. The molecule has 0 spiro atoms. The Morgan fingerprint density at radius 1 is 1.19 bits per heavy atom. The molecular weight excluding hydrogens is 408 g/mol. The van der Waals surface area contributed by atoms with E-state index in [4.69, 9.17) is 0 Å². The molecule has 8 heteroatoms. The predicted octanol–water partition coefficient (Wildman–Crippen LogP) is 3.12. The molecule has 0 radical (unpaired) electrons. The molecule has 1 amide bonds. The third-order valence-corrected chi connectivity index (χ3v) is 4.84. The Morgan fingerprint density at radius 3 is 2.89 bits per heavy atom. The average molecular weight is 425 g/mol. The Hall–Kier alpha value is -3.00. The smallest absolute Gasteiger partial charge is 0.251 e. The Bertz CT molecular complexity index is 1120. The average Bonchev–Trinajstić information content (AvgIpc) is 3.27. The van der Waals surface area contributed by atoms with Gasteiger partial charge in [-0.25, -0.2) is 0 Å². The van der Waals surface area contributed by atoms with Crippen LogP contribution in [0.5, 0.6) is 0 Å². The van der Waals surface area contributed by atoms with Crippen LogP contribution in [0.3, 0.4) is 0 Å². The molecule has 0 bridgehead atoms. The van der Waals surface area contributed by atoms with Crippen LogP contribution in [-0.4, -0.2) is 37.2 Å². The zero-order valence-electron chi connectivity index (χ0n) is 14.6. The van der Waals surface area contributed by atoms with Gasteiger partial charge >= 0.3 is 0 Å². The summed E-state index contributed by atoms with van der Waals surface area (Å²) in [4.78, 5) is 12.5. The first kappa shape index (κ1) is 17.4. The highest BCUT2D eigenvalue weighted by atomic mass is 79.9. The van der Waals surface area contributed by atoms with E-state index in [9.17, 15) is 4.79 Å². The quantitative estimate of drug-likeness (QED) is 0.533. The van der Waals surface area contributed by atoms with E-state index in [1.807, 2.05) is 31.3 Å². The maximum atomic E-state index is 12.5. The van der Waals surface area contributed by atoms with E-state index < -0.39 is 0 Å². The van der Waals surface area contributed by atoms with Crippen LogP contribution in [-0.2, 0) is 6.54 Å². The van der Waals surface area contributed by atoms with E-state index >= 15 is 0 Å². The molecule has 2 aromatic heterocycles. The van der Waals surface area contributed by atoms with Gasteiger partial charge in [-0.3, -0.25) is 4.79 Å². The van der Waals surface area contributed by atoms with Crippen LogP contribution >= 0.6 is 15.9 Å². The summed E-state index contributed by atoms with van der Waals surface area (Å²) in [5.41, 5.74) is 2.47. The van der Waals surface area contributed by atoms with Gasteiger partial charge in [0.05, 0.1) is 5.69 Å². The minimum absolute atomic E-state index is 0.123. The summed E-state index contributed by atoms with van der Waals surface area (Å²) in [7, 11) is 0. The summed E-state index contributed by atoms with van der Waals surface area (Å²) < 4.78 is 4.78. The van der Waals surface area contributed by atoms with Gasteiger partial charge in [-0.1, -0.05) is 22.0 Å². The van der Waals surface area contributed by atoms with E-state index in [1.54, 1.807) is 16.8 Å². The van der Waals surface area contributed by atoms with Crippen molar-refractivity contribution in [3.8, 4) is 5.69 Å². The topological polar surface area (TPSA) is 77.6 Å². The molecule has 0 saturated heterocycles. The number of hydrogen-bond acceptors (Lipinski definition) is 4. The number of amides is 1. The summed E-state index contributed by atoms with van der Waals surface area (Å²) in [6, 6.07) is 15.5. The Labute approximate surface area is 164 Å². The number of carbonyl (C=O) groups excluding carboxylic acids is 1. The van der Waals surface area contributed by atoms with Crippen LogP contribution in [0.15, 0.2) is 59.2 Å². The lowest BCUT2D eigenvalue weighted by Crippen LogP contribution is -2.27. The SMILES string of the molecule is Cc1nnnn1-c1cccc(C(=O)NCCn2ccc3cc(Br)ccc32)c1. The fraction of sp³-hybridized carbons (Fsp3) is 0.158. The van der Waals surface area contributed by atoms with Crippen molar-refractivity contribution >= 4 is 32.7 Å². The van der Waals surface area contributed by atoms with Gasteiger partial charge in [0, 0.05) is 40.2 Å². The summed E-state index contributed by atoms with van der Waals surface area (Å²) in [5.74, 6) is 0.542. The molecule has 136 valence electrons. The molecule has 7 nitrogen and oxygen atoms in total. The minimum atomic E-state index is -0.123. The molecule has 0 atom stereocenters. The molecule has 0 aliphatic heterocycles. The van der Waals surface area contributed by atoms with Gasteiger partial charge in [-0.2, -0.15) is 4.68 Å². The van der Waals surface area contributed by atoms with Crippen LogP contribution < -0.4 is 5.32 Å². The van der Waals surface area contributed by atoms with E-state index in [0.29, 0.717) is 24.5 Å². The molecule has 4 rings (SSSR count). The van der Waals surface area contributed by atoms with Crippen molar-refractivity contribution in [3.05, 3.63) is 70.6 Å². The monoisotopic (exact) mass is 424 g/mol. The van der Waals surface area contributed by atoms with Gasteiger partial charge in [0.25, 0.3) is 5.91 Å². The number of aryl methyl sites for hydroxylation is 1. The first-order valence-electron chi connectivity index (χ1n) is 8.50. The zero-order chi connectivity index (χ0) is 18.8. The lowest BCUT2D eigenvalue weighted by atomic mass is 10.2. The van der Waals surface area contributed by atoms with Crippen molar-refractivity contribution in [2.45, 2.75) is 13.5 Å². The van der Waals surface area contributed by atoms with Crippen LogP contribution in [0.2, 0.25) is 0 Å². The first-order valence-corrected chi connectivity index (χ1v) is 9.29. The van der Waals surface area contributed by atoms with E-state index in [2.05, 4.69) is 59.5 Å². The number of rotatable bonds is 5. The number of tetrazole rings is 1. The number of nitrogens with zero attached hydrogens (tertiary/aromatic N) is 5. The molecule has 0 fully saturated rings. The van der Waals surface area contributed by atoms with Gasteiger partial charge in [0.2, 0.25) is 0 Å². The lowest BCUT2D eigenvalue weighted by molar-refractivity contribution is 0.0952. The Balaban J connectivity index is 1.43. The van der Waals surface area contributed by atoms with Crippen LogP contribution in [0.1, 0.15) is 16.2 Å². The van der Waals surface area contributed by atoms with Gasteiger partial charge in [0.1, 0.15) is 0 Å². The van der Waals surface area contributed by atoms with Gasteiger partial charge in [-0.05, 0) is 59.8 Å². The Kier molecular flexibility index (Phi) is 4.72. The summed E-state index contributed by atoms with van der Waals surface area (Å²) in [5, 5.41) is 15.6. The van der Waals surface area contributed by atoms with Crippen LogP contribution in [0.4, 0.5) is 0 Å². The van der Waals surface area contributed by atoms with E-state index in [-0.39, 0.29) is 5.91 Å². The second-order valence-corrected chi connectivity index (χ2v) is 7.07. The second kappa shape index (κ2) is 7.32. The Morgan fingerprint density at radius 2 is 2.07 bits per heavy atom. The minimum Gasteiger partial charge on any atom is -0.350 e. The molecule has 0 aliphatic rings. The van der Waals surface area contributed by atoms with Crippen molar-refractivity contribution < 1.29 is 4.79 Å². The fourth-order valence-electron chi connectivity index (χ4n) is 3.01. The molecule has 27 heavy (non-hydrogen) atoms. The van der Waals surface area contributed by atoms with Crippen LogP contribution in [0.25, 0.3) is 16.6 Å². The lowest BCUT2D eigenvalue weighted by Gasteiger charge is -2.09. The van der Waals surface area contributed by atoms with Crippen LogP contribution in [0, 0.1) is 6.92 Å². The highest BCUT2D eigenvalue weighted by molar-refractivity contribution is 9.10. The maximum absolute atomic E-state index is 12.5. The van der Waals surface area contributed by atoms with E-state index in [1.165, 1.54) is 5.39 Å². The second-order valence-electron chi connectivity index (χ2n) is 6.16. The maximum Gasteiger partial charge on any atom is 0.251 e. The molecule has 1 N–H and O–H groups in total. The number of fused-ring (bicyclic) bond motifs is 1. The molecule has 0 aliphatic carbocycles. The molecule has 0 unspecified atom stereocenters. The van der Waals surface area contributed by atoms with Crippen molar-refractivity contribution in [2.24, 2.45) is 0 Å². The molecule has 2 heterocycles. The number of hydrogen-bond donors (Lipinski definition) is 1. The number of carbonyl (C=O) groups is 1. The van der Waals surface area contributed by atoms with Crippen molar-refractivity contribution in [2.75, 3.05) is 6.54 Å². The van der Waals surface area contributed by atoms with Gasteiger partial charge < -0.3 is 9.88 Å². The zero-order valence-corrected chi connectivity index (χ0v) is 16.2. The van der Waals surface area contributed by atoms with Crippen molar-refractivity contribution in [1.82, 2.24) is 30.1 Å². The third-order valence-electron chi connectivity index (χ3n) is 4.35. The summed E-state index contributed by atoms with van der Waals surface area (Å²) >= 11 is 3.48. The summed E-state index contributed by atoms with van der Waals surface area (Å²) in [6.07, 6.45) is 2.03. The molecule has 4 aromatic rings.